The fraction of sp³-hybridized carbons (Fsp3) is 0.116. The maximum Gasteiger partial charge on any atom is 0.151 e. The predicted molar refractivity (Wildman–Crippen MR) is 212 cm³/mol. The zero-order valence-corrected chi connectivity index (χ0v) is 31.2. The van der Waals surface area contributed by atoms with Crippen LogP contribution in [0.25, 0.3) is 21.5 Å². The maximum absolute atomic E-state index is 11.3. The third kappa shape index (κ3) is 8.13. The summed E-state index contributed by atoms with van der Waals surface area (Å²) < 4.78 is 5.61. The van der Waals surface area contributed by atoms with E-state index in [-0.39, 0.29) is 39.9 Å². The molecule has 7 aromatic rings. The van der Waals surface area contributed by atoms with Crippen LogP contribution in [0.4, 0.5) is 45.5 Å². The molecule has 0 amide bonds. The zero-order valence-electron chi connectivity index (χ0n) is 30.3. The Morgan fingerprint density at radius 1 is 0.500 bits per heavy atom. The van der Waals surface area contributed by atoms with Gasteiger partial charge in [-0.25, -0.2) is 0 Å². The average Bonchev–Trinajstić information content (AvgIpc) is 3.15. The average molecular weight is 763 g/mol. The molecule has 0 aliphatic carbocycles. The summed E-state index contributed by atoms with van der Waals surface area (Å²) in [5, 5.41) is 55.5. The Morgan fingerprint density at radius 2 is 1.11 bits per heavy atom. The van der Waals surface area contributed by atoms with Crippen LogP contribution in [-0.2, 0) is 17.1 Å². The fourth-order valence-electron chi connectivity index (χ4n) is 5.92. The van der Waals surface area contributed by atoms with Gasteiger partial charge in [-0.3, -0.25) is 0 Å². The van der Waals surface area contributed by atoms with E-state index in [2.05, 4.69) is 36.0 Å². The number of aromatic hydroxyl groups is 2. The van der Waals surface area contributed by atoms with Gasteiger partial charge in [0, 0.05) is 56.7 Å². The van der Waals surface area contributed by atoms with Crippen molar-refractivity contribution >= 4 is 67.0 Å². The summed E-state index contributed by atoms with van der Waals surface area (Å²) in [6.45, 7) is 7.93. The van der Waals surface area contributed by atoms with E-state index in [0.29, 0.717) is 28.2 Å². The first kappa shape index (κ1) is 37.3. The first-order valence-electron chi connectivity index (χ1n) is 17.0. The van der Waals surface area contributed by atoms with Gasteiger partial charge in [0.05, 0.1) is 24.2 Å². The summed E-state index contributed by atoms with van der Waals surface area (Å²) in [7, 11) is 1.50. The molecular formula is C43H37CuN7O3. The normalized spacial score (nSPS) is 11.6. The van der Waals surface area contributed by atoms with Gasteiger partial charge in [0.25, 0.3) is 0 Å². The number of phenols is 2. The molecule has 0 spiro atoms. The maximum atomic E-state index is 11.3. The molecule has 0 aromatic heterocycles. The molecule has 10 nitrogen and oxygen atoms in total. The molecule has 0 unspecified atom stereocenters. The molecule has 0 aliphatic heterocycles. The van der Waals surface area contributed by atoms with Crippen LogP contribution < -0.4 is 10.1 Å². The number of aryl methyl sites for hydroxylation is 4. The van der Waals surface area contributed by atoms with E-state index in [1.54, 1.807) is 0 Å². The van der Waals surface area contributed by atoms with Crippen molar-refractivity contribution in [1.29, 1.82) is 0 Å². The number of nitrogens with zero attached hydrogens (tertiary/aromatic N) is 6. The number of azo groups is 3. The van der Waals surface area contributed by atoms with Gasteiger partial charge in [-0.15, -0.1) is 25.6 Å². The summed E-state index contributed by atoms with van der Waals surface area (Å²) in [5.41, 5.74) is 8.66. The van der Waals surface area contributed by atoms with Crippen LogP contribution in [0.3, 0.4) is 0 Å². The first-order chi connectivity index (χ1) is 25.6. The molecule has 54 heavy (non-hydrogen) atoms. The van der Waals surface area contributed by atoms with Crippen LogP contribution >= 0.6 is 0 Å². The predicted octanol–water partition coefficient (Wildman–Crippen LogP) is 13.6. The van der Waals surface area contributed by atoms with E-state index >= 15 is 0 Å². The van der Waals surface area contributed by atoms with Crippen LogP contribution in [0.5, 0.6) is 17.2 Å². The molecule has 0 saturated carbocycles. The monoisotopic (exact) mass is 762 g/mol. The minimum atomic E-state index is -0.182. The fourth-order valence-corrected chi connectivity index (χ4v) is 5.92. The summed E-state index contributed by atoms with van der Waals surface area (Å²) in [6.07, 6.45) is 0. The van der Waals surface area contributed by atoms with Gasteiger partial charge in [-0.2, -0.15) is 5.11 Å². The molecule has 273 valence electrons. The van der Waals surface area contributed by atoms with Crippen molar-refractivity contribution in [2.24, 2.45) is 30.7 Å². The van der Waals surface area contributed by atoms with Crippen LogP contribution in [0.2, 0.25) is 0 Å². The van der Waals surface area contributed by atoms with Gasteiger partial charge in [0.1, 0.15) is 28.6 Å². The molecule has 0 aliphatic rings. The summed E-state index contributed by atoms with van der Waals surface area (Å²) >= 11 is 0. The topological polar surface area (TPSA) is 136 Å². The van der Waals surface area contributed by atoms with E-state index in [1.165, 1.54) is 24.8 Å². The van der Waals surface area contributed by atoms with Crippen molar-refractivity contribution in [3.63, 3.8) is 0 Å². The number of ether oxygens (including phenoxy) is 1. The smallest absolute Gasteiger partial charge is 0.151 e. The van der Waals surface area contributed by atoms with Crippen molar-refractivity contribution in [3.05, 3.63) is 138 Å². The Labute approximate surface area is 323 Å². The third-order valence-electron chi connectivity index (χ3n) is 8.85. The standard InChI is InChI=1S/C43H37N7O3.Cu/c1-25-6-12-30(13-7-25)44-32-16-11-29-21-28(4)42(43(52)34(29)22-32)50-48-38-24-41(53-5)39(23-40(38)51)49-47-37-19-18-36(33-17-10-27(3)20-35(33)37)46-45-31-14-8-26(2)9-15-31;/h6-24,44,51-52H,1-5H3;. The second kappa shape index (κ2) is 16.1. The van der Waals surface area contributed by atoms with Gasteiger partial charge in [0.2, 0.25) is 0 Å². The molecule has 0 saturated heterocycles. The van der Waals surface area contributed by atoms with Crippen LogP contribution in [0.1, 0.15) is 22.3 Å². The zero-order chi connectivity index (χ0) is 37.1. The van der Waals surface area contributed by atoms with Crippen molar-refractivity contribution in [3.8, 4) is 17.2 Å². The van der Waals surface area contributed by atoms with Crippen molar-refractivity contribution in [2.75, 3.05) is 12.4 Å². The quantitative estimate of drug-likeness (QED) is 0.0996. The number of nitrogens with one attached hydrogen (secondary N) is 1. The van der Waals surface area contributed by atoms with Crippen molar-refractivity contribution < 1.29 is 32.0 Å². The van der Waals surface area contributed by atoms with Crippen LogP contribution in [0.15, 0.2) is 146 Å². The van der Waals surface area contributed by atoms with Gasteiger partial charge < -0.3 is 20.3 Å². The van der Waals surface area contributed by atoms with Gasteiger partial charge in [-0.05, 0) is 99.3 Å². The summed E-state index contributed by atoms with van der Waals surface area (Å²) in [6, 6.07) is 36.3. The number of benzene rings is 7. The van der Waals surface area contributed by atoms with Crippen molar-refractivity contribution in [2.45, 2.75) is 27.7 Å². The molecule has 7 aromatic carbocycles. The Hall–Kier alpha value is -6.42. The Balaban J connectivity index is 0.00000497. The number of hydrogen-bond donors (Lipinski definition) is 3. The number of fused-ring (bicyclic) bond motifs is 2. The largest absolute Gasteiger partial charge is 0.506 e. The third-order valence-corrected chi connectivity index (χ3v) is 8.85. The molecule has 1 radical (unpaired) electrons. The second-order valence-corrected chi connectivity index (χ2v) is 12.9. The Morgan fingerprint density at radius 3 is 1.83 bits per heavy atom. The van der Waals surface area contributed by atoms with E-state index < -0.39 is 0 Å². The number of hydrogen-bond acceptors (Lipinski definition) is 10. The van der Waals surface area contributed by atoms with E-state index in [1.807, 2.05) is 131 Å². The SMILES string of the molecule is COc1cc(N=Nc2c(C)cc3ccc(Nc4ccc(C)cc4)cc3c2O)c(O)cc1N=Nc1ccc(N=Nc2ccc(C)cc2)c2ccc(C)cc12.[Cu]. The minimum absolute atomic E-state index is 0. The molecule has 0 heterocycles. The Kier molecular flexibility index (Phi) is 11.1. The number of phenolic OH excluding ortho intramolecular Hbond substituents is 2. The summed E-state index contributed by atoms with van der Waals surface area (Å²) in [5.74, 6) is 0.132. The molecule has 3 N–H and O–H groups in total. The van der Waals surface area contributed by atoms with Gasteiger partial charge >= 0.3 is 0 Å². The molecule has 0 atom stereocenters. The van der Waals surface area contributed by atoms with E-state index in [4.69, 9.17) is 4.74 Å². The Bertz CT molecular complexity index is 2590. The first-order valence-corrected chi connectivity index (χ1v) is 17.0. The van der Waals surface area contributed by atoms with Crippen LogP contribution in [0, 0.1) is 27.7 Å². The molecule has 0 bridgehead atoms. The van der Waals surface area contributed by atoms with Crippen molar-refractivity contribution in [1.82, 2.24) is 0 Å². The van der Waals surface area contributed by atoms with E-state index in [0.717, 1.165) is 49.9 Å². The molecular weight excluding hydrogens is 726 g/mol. The second-order valence-electron chi connectivity index (χ2n) is 12.9. The molecule has 11 heteroatoms. The van der Waals surface area contributed by atoms with Gasteiger partial charge in [-0.1, -0.05) is 59.2 Å². The van der Waals surface area contributed by atoms with E-state index in [9.17, 15) is 10.2 Å². The van der Waals surface area contributed by atoms with Gasteiger partial charge in [0.15, 0.2) is 5.75 Å². The number of anilines is 2. The number of rotatable bonds is 9. The summed E-state index contributed by atoms with van der Waals surface area (Å²) in [4.78, 5) is 0. The number of methoxy groups -OCH3 is 1. The molecule has 7 rings (SSSR count). The van der Waals surface area contributed by atoms with Crippen LogP contribution in [-0.4, -0.2) is 17.3 Å². The molecule has 0 fully saturated rings. The minimum Gasteiger partial charge on any atom is -0.506 e.